The maximum atomic E-state index is 4.58. The maximum Gasteiger partial charge on any atom is 0.227 e. The summed E-state index contributed by atoms with van der Waals surface area (Å²) in [5.41, 5.74) is 0. The fraction of sp³-hybridized carbons (Fsp3) is 0.824. The Balaban J connectivity index is 1.56. The summed E-state index contributed by atoms with van der Waals surface area (Å²) in [5.74, 6) is 1.47. The Hall–Kier alpha value is -1.39. The monoisotopic (exact) mass is 303 g/mol. The molecule has 0 saturated heterocycles. The van der Waals surface area contributed by atoms with Gasteiger partial charge < -0.3 is 10.6 Å². The van der Waals surface area contributed by atoms with Gasteiger partial charge in [0.25, 0.3) is 0 Å². The molecule has 0 amide bonds. The van der Waals surface area contributed by atoms with E-state index < -0.39 is 0 Å². The largest absolute Gasteiger partial charge is 0.351 e. The van der Waals surface area contributed by atoms with Gasteiger partial charge in [-0.3, -0.25) is 0 Å². The van der Waals surface area contributed by atoms with Crippen LogP contribution in [0.1, 0.15) is 77.0 Å². The molecule has 1 aromatic rings. The summed E-state index contributed by atoms with van der Waals surface area (Å²) in [4.78, 5) is 13.2. The quantitative estimate of drug-likeness (QED) is 0.818. The van der Waals surface area contributed by atoms with Crippen molar-refractivity contribution in [3.05, 3.63) is 6.33 Å². The minimum Gasteiger partial charge on any atom is -0.351 e. The van der Waals surface area contributed by atoms with Crippen LogP contribution in [0.15, 0.2) is 6.33 Å². The van der Waals surface area contributed by atoms with E-state index in [1.807, 2.05) is 0 Å². The molecule has 0 bridgehead atoms. The van der Waals surface area contributed by atoms with E-state index >= 15 is 0 Å². The molecular formula is C17H29N5. The number of anilines is 2. The Morgan fingerprint density at radius 3 is 1.45 bits per heavy atom. The van der Waals surface area contributed by atoms with Crippen LogP contribution in [0.5, 0.6) is 0 Å². The lowest BCUT2D eigenvalue weighted by Crippen LogP contribution is -2.23. The van der Waals surface area contributed by atoms with E-state index in [-0.39, 0.29) is 0 Å². The normalized spacial score (nSPS) is 21.8. The van der Waals surface area contributed by atoms with E-state index in [4.69, 9.17) is 0 Å². The highest BCUT2D eigenvalue weighted by Crippen LogP contribution is 2.21. The van der Waals surface area contributed by atoms with Gasteiger partial charge in [-0.1, -0.05) is 51.4 Å². The maximum absolute atomic E-state index is 4.58. The van der Waals surface area contributed by atoms with Gasteiger partial charge in [-0.25, -0.2) is 9.97 Å². The second kappa shape index (κ2) is 8.30. The molecule has 2 aliphatic carbocycles. The standard InChI is InChI=1S/C17H29N5/c1-2-6-10-14(9-5-1)20-16-18-13-19-17(22-16)21-15-11-7-3-4-8-12-15/h13-15H,1-12H2,(H2,18,19,20,21,22). The van der Waals surface area contributed by atoms with Gasteiger partial charge in [-0.15, -0.1) is 0 Å². The molecule has 122 valence electrons. The Labute approximate surface area is 133 Å². The van der Waals surface area contributed by atoms with Crippen LogP contribution in [-0.4, -0.2) is 27.0 Å². The molecule has 0 aliphatic heterocycles. The number of rotatable bonds is 4. The lowest BCUT2D eigenvalue weighted by atomic mass is 10.1. The Morgan fingerprint density at radius 1 is 0.636 bits per heavy atom. The summed E-state index contributed by atoms with van der Waals surface area (Å²) in [6, 6.07) is 1.05. The van der Waals surface area contributed by atoms with Crippen molar-refractivity contribution in [2.75, 3.05) is 10.6 Å². The van der Waals surface area contributed by atoms with Crippen molar-refractivity contribution in [2.24, 2.45) is 0 Å². The van der Waals surface area contributed by atoms with Crippen LogP contribution in [0, 0.1) is 0 Å². The van der Waals surface area contributed by atoms with Crippen molar-refractivity contribution < 1.29 is 0 Å². The Kier molecular flexibility index (Phi) is 5.85. The zero-order valence-electron chi connectivity index (χ0n) is 13.6. The zero-order chi connectivity index (χ0) is 15.0. The van der Waals surface area contributed by atoms with Crippen molar-refractivity contribution in [2.45, 2.75) is 89.1 Å². The number of aromatic nitrogens is 3. The SMILES string of the molecule is c1nc(NC2CCCCCC2)nc(NC2CCCCCC2)n1. The van der Waals surface area contributed by atoms with Crippen LogP contribution >= 0.6 is 0 Å². The van der Waals surface area contributed by atoms with Gasteiger partial charge in [0.05, 0.1) is 0 Å². The van der Waals surface area contributed by atoms with Crippen LogP contribution < -0.4 is 10.6 Å². The Morgan fingerprint density at radius 2 is 1.05 bits per heavy atom. The third-order valence-electron chi connectivity index (χ3n) is 4.95. The third kappa shape index (κ3) is 4.82. The van der Waals surface area contributed by atoms with E-state index in [1.54, 1.807) is 6.33 Å². The molecule has 0 atom stereocenters. The van der Waals surface area contributed by atoms with Gasteiger partial charge in [0, 0.05) is 12.1 Å². The fourth-order valence-electron chi connectivity index (χ4n) is 3.65. The van der Waals surface area contributed by atoms with Crippen LogP contribution in [0.3, 0.4) is 0 Å². The molecule has 5 heteroatoms. The highest BCUT2D eigenvalue weighted by Gasteiger charge is 2.15. The summed E-state index contributed by atoms with van der Waals surface area (Å²) in [6.45, 7) is 0. The second-order valence-corrected chi connectivity index (χ2v) is 6.80. The second-order valence-electron chi connectivity index (χ2n) is 6.80. The number of hydrogen-bond acceptors (Lipinski definition) is 5. The molecule has 1 aromatic heterocycles. The van der Waals surface area contributed by atoms with Gasteiger partial charge in [0.1, 0.15) is 6.33 Å². The van der Waals surface area contributed by atoms with Gasteiger partial charge in [0.2, 0.25) is 11.9 Å². The van der Waals surface area contributed by atoms with E-state index in [9.17, 15) is 0 Å². The molecule has 3 rings (SSSR count). The smallest absolute Gasteiger partial charge is 0.227 e. The minimum absolute atomic E-state index is 0.524. The molecule has 2 saturated carbocycles. The lowest BCUT2D eigenvalue weighted by Gasteiger charge is -2.18. The van der Waals surface area contributed by atoms with E-state index in [0.29, 0.717) is 12.1 Å². The van der Waals surface area contributed by atoms with E-state index in [2.05, 4.69) is 25.6 Å². The molecule has 2 N–H and O–H groups in total. The zero-order valence-corrected chi connectivity index (χ0v) is 13.6. The fourth-order valence-corrected chi connectivity index (χ4v) is 3.65. The summed E-state index contributed by atoms with van der Waals surface area (Å²) < 4.78 is 0. The van der Waals surface area contributed by atoms with Crippen LogP contribution in [0.4, 0.5) is 11.9 Å². The highest BCUT2D eigenvalue weighted by molar-refractivity contribution is 5.34. The number of nitrogens with one attached hydrogen (secondary N) is 2. The van der Waals surface area contributed by atoms with Gasteiger partial charge in [-0.05, 0) is 25.7 Å². The first-order valence-corrected chi connectivity index (χ1v) is 9.12. The first-order chi connectivity index (χ1) is 10.9. The summed E-state index contributed by atoms with van der Waals surface area (Å²) in [5, 5.41) is 7.02. The number of hydrogen-bond donors (Lipinski definition) is 2. The van der Waals surface area contributed by atoms with E-state index in [0.717, 1.165) is 11.9 Å². The van der Waals surface area contributed by atoms with Crippen LogP contribution in [0.25, 0.3) is 0 Å². The van der Waals surface area contributed by atoms with Gasteiger partial charge in [-0.2, -0.15) is 4.98 Å². The lowest BCUT2D eigenvalue weighted by molar-refractivity contribution is 0.608. The predicted octanol–water partition coefficient (Wildman–Crippen LogP) is 4.14. The van der Waals surface area contributed by atoms with Gasteiger partial charge >= 0.3 is 0 Å². The first-order valence-electron chi connectivity index (χ1n) is 9.12. The topological polar surface area (TPSA) is 62.7 Å². The Bertz CT molecular complexity index is 397. The van der Waals surface area contributed by atoms with E-state index in [1.165, 1.54) is 77.0 Å². The van der Waals surface area contributed by atoms with Crippen molar-refractivity contribution in [3.8, 4) is 0 Å². The molecular weight excluding hydrogens is 274 g/mol. The van der Waals surface area contributed by atoms with Crippen molar-refractivity contribution in [1.29, 1.82) is 0 Å². The minimum atomic E-state index is 0.524. The summed E-state index contributed by atoms with van der Waals surface area (Å²) in [6.07, 6.45) is 17.3. The third-order valence-corrected chi connectivity index (χ3v) is 4.95. The number of nitrogens with zero attached hydrogens (tertiary/aromatic N) is 3. The van der Waals surface area contributed by atoms with Gasteiger partial charge in [0.15, 0.2) is 0 Å². The molecule has 2 aliphatic rings. The summed E-state index contributed by atoms with van der Waals surface area (Å²) >= 11 is 0. The molecule has 0 unspecified atom stereocenters. The first kappa shape index (κ1) is 15.5. The summed E-state index contributed by atoms with van der Waals surface area (Å²) in [7, 11) is 0. The molecule has 0 aromatic carbocycles. The average Bonchev–Trinajstić information content (AvgIpc) is 2.93. The van der Waals surface area contributed by atoms with Crippen LogP contribution in [0.2, 0.25) is 0 Å². The molecule has 22 heavy (non-hydrogen) atoms. The predicted molar refractivity (Wildman–Crippen MR) is 90.1 cm³/mol. The average molecular weight is 303 g/mol. The van der Waals surface area contributed by atoms with Crippen LogP contribution in [-0.2, 0) is 0 Å². The molecule has 1 heterocycles. The molecule has 0 radical (unpaired) electrons. The molecule has 5 nitrogen and oxygen atoms in total. The molecule has 0 spiro atoms. The molecule has 2 fully saturated rings. The van der Waals surface area contributed by atoms with Crippen molar-refractivity contribution in [1.82, 2.24) is 15.0 Å². The van der Waals surface area contributed by atoms with Crippen molar-refractivity contribution in [3.63, 3.8) is 0 Å². The highest BCUT2D eigenvalue weighted by atomic mass is 15.2. The van der Waals surface area contributed by atoms with Crippen molar-refractivity contribution >= 4 is 11.9 Å².